The molecule has 0 aliphatic carbocycles. The Morgan fingerprint density at radius 1 is 1.30 bits per heavy atom. The molecule has 1 atom stereocenters. The Bertz CT molecular complexity index is 748. The van der Waals surface area contributed by atoms with E-state index in [0.29, 0.717) is 5.56 Å². The van der Waals surface area contributed by atoms with Crippen molar-refractivity contribution in [3.8, 4) is 11.5 Å². The lowest BCUT2D eigenvalue weighted by molar-refractivity contribution is -0.158. The molecule has 0 spiro atoms. The normalized spacial score (nSPS) is 11.8. The van der Waals surface area contributed by atoms with Gasteiger partial charge in [-0.2, -0.15) is 4.68 Å². The van der Waals surface area contributed by atoms with Crippen molar-refractivity contribution < 1.29 is 18.7 Å². The van der Waals surface area contributed by atoms with E-state index in [2.05, 4.69) is 5.10 Å². The summed E-state index contributed by atoms with van der Waals surface area (Å²) in [6.07, 6.45) is -0.936. The molecule has 1 aromatic carbocycles. The third-order valence-electron chi connectivity index (χ3n) is 3.00. The van der Waals surface area contributed by atoms with Crippen molar-refractivity contribution >= 4 is 11.9 Å². The largest absolute Gasteiger partial charge is 0.451 e. The average molecular weight is 319 g/mol. The third kappa shape index (κ3) is 4.06. The molecule has 0 aliphatic rings. The molecular weight excluding hydrogens is 302 g/mol. The summed E-state index contributed by atoms with van der Waals surface area (Å²) in [5.74, 6) is -1.76. The van der Waals surface area contributed by atoms with Crippen molar-refractivity contribution in [1.82, 2.24) is 14.7 Å². The molecule has 1 aromatic heterocycles. The Kier molecular flexibility index (Phi) is 4.95. The number of carbonyl (C=O) groups excluding carboxylic acids is 2. The quantitative estimate of drug-likeness (QED) is 0.746. The van der Waals surface area contributed by atoms with Gasteiger partial charge >= 0.3 is 11.7 Å². The number of aromatic nitrogens is 2. The van der Waals surface area contributed by atoms with Crippen molar-refractivity contribution in [1.29, 1.82) is 0 Å². The maximum absolute atomic E-state index is 11.8. The summed E-state index contributed by atoms with van der Waals surface area (Å²) in [7, 11) is 3.11. The van der Waals surface area contributed by atoms with Crippen molar-refractivity contribution in [3.05, 3.63) is 40.9 Å². The summed E-state index contributed by atoms with van der Waals surface area (Å²) in [5.41, 5.74) is 0.618. The molecule has 23 heavy (non-hydrogen) atoms. The lowest BCUT2D eigenvalue weighted by atomic mass is 10.2. The van der Waals surface area contributed by atoms with Crippen LogP contribution in [-0.2, 0) is 20.9 Å². The lowest BCUT2D eigenvalue weighted by Gasteiger charge is -2.16. The Morgan fingerprint density at radius 3 is 2.57 bits per heavy atom. The predicted molar refractivity (Wildman–Crippen MR) is 80.4 cm³/mol. The molecule has 0 N–H and O–H groups in total. The highest BCUT2D eigenvalue weighted by atomic mass is 16.5. The van der Waals surface area contributed by atoms with E-state index >= 15 is 0 Å². The van der Waals surface area contributed by atoms with Gasteiger partial charge in [0.15, 0.2) is 6.10 Å². The van der Waals surface area contributed by atoms with Crippen LogP contribution in [0.4, 0.5) is 0 Å². The first kappa shape index (κ1) is 16.5. The molecule has 0 radical (unpaired) electrons. The van der Waals surface area contributed by atoms with Crippen LogP contribution >= 0.6 is 0 Å². The molecule has 122 valence electrons. The molecule has 0 fully saturated rings. The Labute approximate surface area is 132 Å². The van der Waals surface area contributed by atoms with Gasteiger partial charge in [0.05, 0.1) is 0 Å². The fraction of sp³-hybridized carbons (Fsp3) is 0.333. The van der Waals surface area contributed by atoms with Crippen molar-refractivity contribution in [2.45, 2.75) is 19.6 Å². The topological polar surface area (TPSA) is 94.6 Å². The number of carbonyl (C=O) groups is 2. The van der Waals surface area contributed by atoms with Gasteiger partial charge in [-0.1, -0.05) is 18.2 Å². The van der Waals surface area contributed by atoms with Gasteiger partial charge in [-0.3, -0.25) is 9.59 Å². The van der Waals surface area contributed by atoms with Gasteiger partial charge in [-0.05, 0) is 19.1 Å². The highest BCUT2D eigenvalue weighted by molar-refractivity contribution is 5.83. The van der Waals surface area contributed by atoms with Gasteiger partial charge in [0.25, 0.3) is 5.91 Å². The fourth-order valence-electron chi connectivity index (χ4n) is 1.87. The number of nitrogens with zero attached hydrogens (tertiary/aromatic N) is 3. The van der Waals surface area contributed by atoms with Gasteiger partial charge < -0.3 is 14.1 Å². The average Bonchev–Trinajstić information content (AvgIpc) is 2.88. The zero-order chi connectivity index (χ0) is 17.0. The van der Waals surface area contributed by atoms with Crippen LogP contribution in [0.3, 0.4) is 0 Å². The van der Waals surface area contributed by atoms with Crippen LogP contribution in [0.5, 0.6) is 0 Å². The van der Waals surface area contributed by atoms with Gasteiger partial charge in [0.2, 0.25) is 5.89 Å². The zero-order valence-corrected chi connectivity index (χ0v) is 13.1. The minimum atomic E-state index is -0.936. The summed E-state index contributed by atoms with van der Waals surface area (Å²) < 4.78 is 10.8. The molecule has 0 bridgehead atoms. The van der Waals surface area contributed by atoms with Crippen LogP contribution in [0.1, 0.15) is 6.92 Å². The molecule has 1 heterocycles. The number of rotatable bonds is 5. The van der Waals surface area contributed by atoms with E-state index in [1.54, 1.807) is 38.4 Å². The number of likely N-dealkylation sites (N-methyl/N-ethyl adjacent to an activating group) is 1. The summed E-state index contributed by atoms with van der Waals surface area (Å²) >= 11 is 0. The van der Waals surface area contributed by atoms with Crippen LogP contribution in [0.25, 0.3) is 11.5 Å². The Morgan fingerprint density at radius 2 is 1.96 bits per heavy atom. The number of hydrogen-bond donors (Lipinski definition) is 0. The molecule has 8 heteroatoms. The summed E-state index contributed by atoms with van der Waals surface area (Å²) in [4.78, 5) is 36.5. The molecule has 1 amide bonds. The van der Waals surface area contributed by atoms with Gasteiger partial charge in [-0.15, -0.1) is 5.10 Å². The van der Waals surface area contributed by atoms with Crippen LogP contribution in [0.2, 0.25) is 0 Å². The van der Waals surface area contributed by atoms with E-state index in [-0.39, 0.29) is 11.8 Å². The number of hydrogen-bond acceptors (Lipinski definition) is 6. The maximum Gasteiger partial charge on any atom is 0.437 e. The highest BCUT2D eigenvalue weighted by Gasteiger charge is 2.21. The first-order valence-electron chi connectivity index (χ1n) is 6.92. The number of esters is 1. The summed E-state index contributed by atoms with van der Waals surface area (Å²) in [6, 6.07) is 8.82. The monoisotopic (exact) mass is 319 g/mol. The third-order valence-corrected chi connectivity index (χ3v) is 3.00. The molecule has 0 saturated carbocycles. The number of ether oxygens (including phenoxy) is 1. The second kappa shape index (κ2) is 6.91. The Hall–Kier alpha value is -2.90. The van der Waals surface area contributed by atoms with E-state index in [1.165, 1.54) is 11.8 Å². The molecule has 0 aliphatic heterocycles. The second-order valence-corrected chi connectivity index (χ2v) is 5.06. The van der Waals surface area contributed by atoms with E-state index < -0.39 is 24.4 Å². The van der Waals surface area contributed by atoms with E-state index in [1.807, 2.05) is 6.07 Å². The van der Waals surface area contributed by atoms with Gasteiger partial charge in [0, 0.05) is 19.7 Å². The highest BCUT2D eigenvalue weighted by Crippen LogP contribution is 2.13. The van der Waals surface area contributed by atoms with Gasteiger partial charge in [0.1, 0.15) is 6.54 Å². The van der Waals surface area contributed by atoms with Crippen LogP contribution in [0, 0.1) is 0 Å². The smallest absolute Gasteiger partial charge is 0.437 e. The first-order valence-corrected chi connectivity index (χ1v) is 6.92. The maximum atomic E-state index is 11.8. The lowest BCUT2D eigenvalue weighted by Crippen LogP contribution is -2.36. The fourth-order valence-corrected chi connectivity index (χ4v) is 1.87. The summed E-state index contributed by atoms with van der Waals surface area (Å²) in [6.45, 7) is 1.03. The molecular formula is C15H17N3O5. The minimum absolute atomic E-state index is 0.112. The predicted octanol–water partition coefficient (Wildman–Crippen LogP) is 0.523. The van der Waals surface area contributed by atoms with E-state index in [4.69, 9.17) is 9.15 Å². The van der Waals surface area contributed by atoms with Crippen molar-refractivity contribution in [2.75, 3.05) is 14.1 Å². The number of benzene rings is 1. The van der Waals surface area contributed by atoms with Crippen LogP contribution in [-0.4, -0.2) is 46.8 Å². The van der Waals surface area contributed by atoms with E-state index in [9.17, 15) is 14.4 Å². The van der Waals surface area contributed by atoms with Crippen LogP contribution in [0.15, 0.2) is 39.5 Å². The molecule has 2 rings (SSSR count). The van der Waals surface area contributed by atoms with E-state index in [0.717, 1.165) is 4.68 Å². The molecule has 8 nitrogen and oxygen atoms in total. The Balaban J connectivity index is 2.06. The molecule has 2 aromatic rings. The zero-order valence-electron chi connectivity index (χ0n) is 13.1. The van der Waals surface area contributed by atoms with Gasteiger partial charge in [-0.25, -0.2) is 4.79 Å². The molecule has 0 saturated heterocycles. The SMILES string of the molecule is C[C@H](OC(=O)Cn1nc(-c2ccccc2)oc1=O)C(=O)N(C)C. The first-order chi connectivity index (χ1) is 10.9. The van der Waals surface area contributed by atoms with Crippen molar-refractivity contribution in [3.63, 3.8) is 0 Å². The minimum Gasteiger partial charge on any atom is -0.451 e. The molecule has 0 unspecified atom stereocenters. The number of amides is 1. The van der Waals surface area contributed by atoms with Crippen LogP contribution < -0.4 is 5.76 Å². The standard InChI is InChI=1S/C15H17N3O5/c1-10(14(20)17(2)3)22-12(19)9-18-15(21)23-13(16-18)11-7-5-4-6-8-11/h4-8,10H,9H2,1-3H3/t10-/m0/s1. The summed E-state index contributed by atoms with van der Waals surface area (Å²) in [5, 5.41) is 3.95. The second-order valence-electron chi connectivity index (χ2n) is 5.06. The van der Waals surface area contributed by atoms with Crippen molar-refractivity contribution in [2.24, 2.45) is 0 Å².